The molecule has 2 bridgehead atoms. The summed E-state index contributed by atoms with van der Waals surface area (Å²) in [6.07, 6.45) is 6.28. The van der Waals surface area contributed by atoms with Gasteiger partial charge in [0.1, 0.15) is 5.75 Å². The van der Waals surface area contributed by atoms with Gasteiger partial charge >= 0.3 is 17.9 Å². The number of nitrogens with zero attached hydrogens (tertiary/aromatic N) is 2. The fourth-order valence-electron chi connectivity index (χ4n) is 6.16. The van der Waals surface area contributed by atoms with Crippen LogP contribution < -0.4 is 4.74 Å². The van der Waals surface area contributed by atoms with Crippen LogP contribution in [-0.4, -0.2) is 80.1 Å². The number of carbonyl (C=O) groups excluding carboxylic acids is 1. The van der Waals surface area contributed by atoms with E-state index in [1.807, 2.05) is 6.07 Å². The third-order valence-corrected chi connectivity index (χ3v) is 8.00. The Hall–Kier alpha value is -3.34. The molecule has 5 rings (SSSR count). The first-order chi connectivity index (χ1) is 17.6. The Labute approximate surface area is 214 Å². The Balaban J connectivity index is 0.000000275. The van der Waals surface area contributed by atoms with Crippen molar-refractivity contribution in [2.24, 2.45) is 5.92 Å². The van der Waals surface area contributed by atoms with E-state index in [0.29, 0.717) is 17.4 Å². The van der Waals surface area contributed by atoms with Gasteiger partial charge in [0, 0.05) is 23.9 Å². The van der Waals surface area contributed by atoms with Crippen LogP contribution in [0.5, 0.6) is 5.75 Å². The van der Waals surface area contributed by atoms with Gasteiger partial charge in [-0.1, -0.05) is 18.9 Å². The van der Waals surface area contributed by atoms with Gasteiger partial charge in [0.25, 0.3) is 0 Å². The molecule has 37 heavy (non-hydrogen) atoms. The first kappa shape index (κ1) is 26.7. The van der Waals surface area contributed by atoms with Crippen LogP contribution in [0.2, 0.25) is 0 Å². The molecule has 0 radical (unpaired) electrons. The molecule has 10 heteroatoms. The quantitative estimate of drug-likeness (QED) is 0.344. The molecule has 198 valence electrons. The van der Waals surface area contributed by atoms with Crippen LogP contribution in [-0.2, 0) is 21.4 Å². The van der Waals surface area contributed by atoms with Crippen molar-refractivity contribution < 1.29 is 39.5 Å². The van der Waals surface area contributed by atoms with Gasteiger partial charge in [-0.15, -0.1) is 0 Å². The number of benzene rings is 1. The van der Waals surface area contributed by atoms with Gasteiger partial charge < -0.3 is 30.1 Å². The first-order valence-corrected chi connectivity index (χ1v) is 12.4. The van der Waals surface area contributed by atoms with E-state index < -0.39 is 24.1 Å². The summed E-state index contributed by atoms with van der Waals surface area (Å²) in [5, 5.41) is 32.5. The van der Waals surface area contributed by atoms with Gasteiger partial charge in [-0.3, -0.25) is 4.98 Å². The number of fused-ring (bicyclic) bond motifs is 1. The number of pyridine rings is 1. The zero-order chi connectivity index (χ0) is 26.7. The molecule has 1 saturated heterocycles. The van der Waals surface area contributed by atoms with Crippen molar-refractivity contribution in [1.29, 1.82) is 0 Å². The van der Waals surface area contributed by atoms with Gasteiger partial charge in [0.05, 0.1) is 5.56 Å². The highest BCUT2D eigenvalue weighted by Gasteiger charge is 2.53. The third-order valence-electron chi connectivity index (χ3n) is 8.00. The van der Waals surface area contributed by atoms with Gasteiger partial charge in [-0.25, -0.2) is 14.4 Å². The number of carbonyl (C=O) groups is 3. The molecule has 2 aliphatic carbocycles. The Kier molecular flexibility index (Phi) is 7.91. The van der Waals surface area contributed by atoms with Crippen molar-refractivity contribution >= 4 is 17.9 Å². The van der Waals surface area contributed by atoms with E-state index in [4.69, 9.17) is 25.2 Å². The molecule has 1 aromatic carbocycles. The summed E-state index contributed by atoms with van der Waals surface area (Å²) >= 11 is 0. The number of aliphatic carboxylic acids is 2. The largest absolute Gasteiger partial charge is 0.479 e. The van der Waals surface area contributed by atoms with Crippen molar-refractivity contribution in [2.75, 3.05) is 13.6 Å². The second-order valence-corrected chi connectivity index (χ2v) is 10.0. The van der Waals surface area contributed by atoms with E-state index in [1.54, 1.807) is 24.5 Å². The van der Waals surface area contributed by atoms with Crippen molar-refractivity contribution in [3.05, 3.63) is 59.4 Å². The summed E-state index contributed by atoms with van der Waals surface area (Å²) in [6.45, 7) is 1.17. The smallest absolute Gasteiger partial charge is 0.345 e. The Bertz CT molecular complexity index is 1140. The fraction of sp³-hybridized carbons (Fsp3) is 0.481. The molecule has 0 spiro atoms. The van der Waals surface area contributed by atoms with Crippen LogP contribution in [0.3, 0.4) is 0 Å². The van der Waals surface area contributed by atoms with Gasteiger partial charge in [-0.05, 0) is 80.6 Å². The van der Waals surface area contributed by atoms with Crippen molar-refractivity contribution in [1.82, 2.24) is 9.88 Å². The van der Waals surface area contributed by atoms with E-state index in [9.17, 15) is 14.4 Å². The van der Waals surface area contributed by atoms with Crippen LogP contribution in [0.1, 0.15) is 53.6 Å². The molecule has 1 aliphatic heterocycles. The molecule has 0 amide bonds. The number of carboxylic acid groups (broad SMARTS) is 2. The standard InChI is InChI=1S/C23H26N2O2.C4H6O6/c1-25-12-10-23-9-3-2-6-19(23)21(25)13-16-7-8-18(14-20(16)23)27-22(26)17-5-4-11-24-15-17;5-1(3(7)8)2(6)4(9)10/h4-5,7-8,11,14-15,19,21H,2-3,6,9-10,12-13H2,1H3;1-2,5-6H,(H,7,8)(H,9,10)/t19-,21+,23+;/m0./s1. The molecule has 3 aliphatic rings. The van der Waals surface area contributed by atoms with Crippen molar-refractivity contribution in [3.8, 4) is 5.75 Å². The topological polar surface area (TPSA) is 157 Å². The van der Waals surface area contributed by atoms with Crippen LogP contribution in [0.15, 0.2) is 42.7 Å². The second-order valence-electron chi connectivity index (χ2n) is 10.0. The monoisotopic (exact) mass is 512 g/mol. The summed E-state index contributed by atoms with van der Waals surface area (Å²) in [5.74, 6) is -2.47. The summed E-state index contributed by atoms with van der Waals surface area (Å²) in [5.41, 5.74) is 3.67. The highest BCUT2D eigenvalue weighted by molar-refractivity contribution is 5.90. The minimum Gasteiger partial charge on any atom is -0.479 e. The molecular weight excluding hydrogens is 480 g/mol. The number of esters is 1. The number of carboxylic acids is 2. The number of likely N-dealkylation sites (tertiary alicyclic amines) is 1. The van der Waals surface area contributed by atoms with Gasteiger partial charge in [0.15, 0.2) is 12.2 Å². The lowest BCUT2D eigenvalue weighted by Gasteiger charge is -2.58. The SMILES string of the molecule is CN1CC[C@]23CCCC[C@H]2[C@H]1Cc1ccc(OC(=O)c2cccnc2)cc13.O=C(O)C(O)C(O)C(=O)O. The zero-order valence-electron chi connectivity index (χ0n) is 20.6. The Morgan fingerprint density at radius 3 is 2.46 bits per heavy atom. The van der Waals surface area contributed by atoms with Crippen LogP contribution in [0, 0.1) is 5.92 Å². The van der Waals surface area contributed by atoms with Gasteiger partial charge in [0.2, 0.25) is 0 Å². The van der Waals surface area contributed by atoms with E-state index in [0.717, 1.165) is 12.3 Å². The van der Waals surface area contributed by atoms with Crippen LogP contribution >= 0.6 is 0 Å². The molecule has 10 nitrogen and oxygen atoms in total. The maximum atomic E-state index is 12.5. The minimum atomic E-state index is -2.27. The molecular formula is C27H32N2O8. The third kappa shape index (κ3) is 5.36. The summed E-state index contributed by atoms with van der Waals surface area (Å²) in [4.78, 5) is 38.6. The number of aliphatic hydroxyl groups is 2. The lowest BCUT2D eigenvalue weighted by Crippen LogP contribution is -2.59. The Morgan fingerprint density at radius 1 is 1.08 bits per heavy atom. The highest BCUT2D eigenvalue weighted by Crippen LogP contribution is 2.55. The van der Waals surface area contributed by atoms with Gasteiger partial charge in [-0.2, -0.15) is 0 Å². The summed E-state index contributed by atoms with van der Waals surface area (Å²) in [6, 6.07) is 10.5. The number of aromatic nitrogens is 1. The highest BCUT2D eigenvalue weighted by atomic mass is 16.5. The molecule has 4 N–H and O–H groups in total. The number of ether oxygens (including phenoxy) is 1. The molecule has 1 saturated carbocycles. The Morgan fingerprint density at radius 2 is 1.81 bits per heavy atom. The average Bonchev–Trinajstić information content (AvgIpc) is 2.90. The number of aliphatic hydroxyl groups excluding tert-OH is 2. The number of rotatable bonds is 5. The van der Waals surface area contributed by atoms with Crippen molar-refractivity contribution in [3.63, 3.8) is 0 Å². The number of hydrogen-bond acceptors (Lipinski definition) is 8. The minimum absolute atomic E-state index is 0.278. The second kappa shape index (κ2) is 11.0. The number of hydrogen-bond donors (Lipinski definition) is 4. The normalized spacial score (nSPS) is 25.8. The fourth-order valence-corrected chi connectivity index (χ4v) is 6.16. The molecule has 2 fully saturated rings. The molecule has 2 unspecified atom stereocenters. The van der Waals surface area contributed by atoms with E-state index in [-0.39, 0.29) is 11.4 Å². The molecule has 2 heterocycles. The van der Waals surface area contributed by atoms with E-state index >= 15 is 0 Å². The summed E-state index contributed by atoms with van der Waals surface area (Å²) < 4.78 is 5.71. The van der Waals surface area contributed by atoms with Crippen LogP contribution in [0.4, 0.5) is 0 Å². The van der Waals surface area contributed by atoms with E-state index in [2.05, 4.69) is 29.1 Å². The van der Waals surface area contributed by atoms with E-state index in [1.165, 1.54) is 49.8 Å². The average molecular weight is 513 g/mol. The summed E-state index contributed by atoms with van der Waals surface area (Å²) in [7, 11) is 2.29. The molecule has 2 aromatic rings. The van der Waals surface area contributed by atoms with Crippen LogP contribution in [0.25, 0.3) is 0 Å². The number of piperidine rings is 1. The maximum absolute atomic E-state index is 12.5. The maximum Gasteiger partial charge on any atom is 0.345 e. The predicted molar refractivity (Wildman–Crippen MR) is 131 cm³/mol. The lowest BCUT2D eigenvalue weighted by atomic mass is 9.52. The molecule has 1 aromatic heterocycles. The lowest BCUT2D eigenvalue weighted by molar-refractivity contribution is -0.165. The predicted octanol–water partition coefficient (Wildman–Crippen LogP) is 1.87. The number of likely N-dealkylation sites (N-methyl/N-ethyl adjacent to an activating group) is 1. The first-order valence-electron chi connectivity index (χ1n) is 12.4. The molecule has 5 atom stereocenters. The zero-order valence-corrected chi connectivity index (χ0v) is 20.6. The van der Waals surface area contributed by atoms with Crippen molar-refractivity contribution in [2.45, 2.75) is 62.2 Å².